The molecule has 0 aliphatic heterocycles. The first-order valence-corrected chi connectivity index (χ1v) is 6.89. The molecule has 0 aliphatic carbocycles. The molecule has 1 rings (SSSR count). The van der Waals surface area contributed by atoms with E-state index in [9.17, 15) is 5.11 Å². The molecular weight excluding hydrogens is 296 g/mol. The fourth-order valence-electron chi connectivity index (χ4n) is 1.74. The Kier molecular flexibility index (Phi) is 6.68. The second kappa shape index (κ2) is 7.77. The Bertz CT molecular complexity index is 368. The number of ether oxygens (including phenoxy) is 2. The summed E-state index contributed by atoms with van der Waals surface area (Å²) in [6.45, 7) is 2.01. The van der Waals surface area contributed by atoms with Gasteiger partial charge in [0.2, 0.25) is 0 Å². The lowest BCUT2D eigenvalue weighted by molar-refractivity contribution is 0.0851. The highest BCUT2D eigenvalue weighted by Gasteiger charge is 2.11. The molecule has 0 aliphatic rings. The van der Waals surface area contributed by atoms with Crippen molar-refractivity contribution in [1.29, 1.82) is 0 Å². The molecule has 0 radical (unpaired) electrons. The minimum Gasteiger partial charge on any atom is -0.497 e. The van der Waals surface area contributed by atoms with Crippen molar-refractivity contribution in [3.8, 4) is 5.75 Å². The van der Waals surface area contributed by atoms with Crippen molar-refractivity contribution in [2.24, 2.45) is 0 Å². The van der Waals surface area contributed by atoms with Gasteiger partial charge in [0.05, 0.1) is 19.3 Å². The van der Waals surface area contributed by atoms with Crippen LogP contribution in [0.15, 0.2) is 22.7 Å². The quantitative estimate of drug-likeness (QED) is 0.839. The summed E-state index contributed by atoms with van der Waals surface area (Å²) in [5.74, 6) is 0.811. The third-order valence-electron chi connectivity index (χ3n) is 3.02. The summed E-state index contributed by atoms with van der Waals surface area (Å²) >= 11 is 3.49. The number of hydrogen-bond donors (Lipinski definition) is 1. The van der Waals surface area contributed by atoms with E-state index >= 15 is 0 Å². The SMILES string of the molecule is COc1ccc(Br)c(CC(O)CCC(C)OC)c1. The highest BCUT2D eigenvalue weighted by Crippen LogP contribution is 2.24. The van der Waals surface area contributed by atoms with Crippen LogP contribution in [-0.4, -0.2) is 31.5 Å². The predicted molar refractivity (Wildman–Crippen MR) is 76.1 cm³/mol. The van der Waals surface area contributed by atoms with Crippen molar-refractivity contribution in [1.82, 2.24) is 0 Å². The van der Waals surface area contributed by atoms with Gasteiger partial charge in [0.25, 0.3) is 0 Å². The molecule has 102 valence electrons. The number of aliphatic hydroxyl groups is 1. The Morgan fingerprint density at radius 3 is 2.61 bits per heavy atom. The molecule has 0 fully saturated rings. The molecular formula is C14H21BrO3. The Balaban J connectivity index is 2.55. The lowest BCUT2D eigenvalue weighted by Gasteiger charge is -2.15. The second-order valence-electron chi connectivity index (χ2n) is 4.44. The average molecular weight is 317 g/mol. The van der Waals surface area contributed by atoms with Crippen LogP contribution >= 0.6 is 15.9 Å². The molecule has 1 N–H and O–H groups in total. The molecule has 1 aromatic rings. The highest BCUT2D eigenvalue weighted by molar-refractivity contribution is 9.10. The maximum atomic E-state index is 10.0. The molecule has 0 saturated carbocycles. The van der Waals surface area contributed by atoms with Gasteiger partial charge in [-0.05, 0) is 49.9 Å². The van der Waals surface area contributed by atoms with Gasteiger partial charge in [0.1, 0.15) is 5.75 Å². The maximum absolute atomic E-state index is 10.0. The molecule has 0 spiro atoms. The number of aliphatic hydroxyl groups excluding tert-OH is 1. The zero-order valence-electron chi connectivity index (χ0n) is 11.1. The summed E-state index contributed by atoms with van der Waals surface area (Å²) < 4.78 is 11.4. The van der Waals surface area contributed by atoms with Crippen LogP contribution in [0.5, 0.6) is 5.75 Å². The molecule has 0 heterocycles. The summed E-state index contributed by atoms with van der Waals surface area (Å²) in [5.41, 5.74) is 1.06. The minimum absolute atomic E-state index is 0.188. The van der Waals surface area contributed by atoms with Crippen LogP contribution in [-0.2, 0) is 11.2 Å². The van der Waals surface area contributed by atoms with Crippen LogP contribution in [0.4, 0.5) is 0 Å². The van der Waals surface area contributed by atoms with E-state index in [4.69, 9.17) is 9.47 Å². The van der Waals surface area contributed by atoms with Gasteiger partial charge in [-0.1, -0.05) is 15.9 Å². The lowest BCUT2D eigenvalue weighted by Crippen LogP contribution is -2.15. The molecule has 0 bridgehead atoms. The first-order chi connectivity index (χ1) is 8.56. The molecule has 0 saturated heterocycles. The predicted octanol–water partition coefficient (Wildman–Crippen LogP) is 3.18. The number of hydrogen-bond acceptors (Lipinski definition) is 3. The minimum atomic E-state index is -0.356. The molecule has 3 nitrogen and oxygen atoms in total. The van der Waals surface area contributed by atoms with E-state index in [2.05, 4.69) is 15.9 Å². The second-order valence-corrected chi connectivity index (χ2v) is 5.29. The number of benzene rings is 1. The van der Waals surface area contributed by atoms with Gasteiger partial charge in [-0.25, -0.2) is 0 Å². The van der Waals surface area contributed by atoms with Gasteiger partial charge in [0, 0.05) is 11.6 Å². The van der Waals surface area contributed by atoms with Gasteiger partial charge >= 0.3 is 0 Å². The van der Waals surface area contributed by atoms with E-state index < -0.39 is 0 Å². The van der Waals surface area contributed by atoms with Crippen molar-refractivity contribution in [3.63, 3.8) is 0 Å². The van der Waals surface area contributed by atoms with Crippen LogP contribution in [0.1, 0.15) is 25.3 Å². The summed E-state index contributed by atoms with van der Waals surface area (Å²) in [6, 6.07) is 5.79. The van der Waals surface area contributed by atoms with Crippen molar-refractivity contribution in [2.75, 3.05) is 14.2 Å². The van der Waals surface area contributed by atoms with E-state index in [1.54, 1.807) is 14.2 Å². The fourth-order valence-corrected chi connectivity index (χ4v) is 2.14. The monoisotopic (exact) mass is 316 g/mol. The van der Waals surface area contributed by atoms with Crippen molar-refractivity contribution >= 4 is 15.9 Å². The Morgan fingerprint density at radius 1 is 1.28 bits per heavy atom. The van der Waals surface area contributed by atoms with E-state index in [0.29, 0.717) is 6.42 Å². The van der Waals surface area contributed by atoms with Gasteiger partial charge in [-0.3, -0.25) is 0 Å². The Morgan fingerprint density at radius 2 is 2.00 bits per heavy atom. The summed E-state index contributed by atoms with van der Waals surface area (Å²) in [5, 5.41) is 10.0. The third-order valence-corrected chi connectivity index (χ3v) is 3.79. The fraction of sp³-hybridized carbons (Fsp3) is 0.571. The zero-order valence-corrected chi connectivity index (χ0v) is 12.7. The molecule has 2 atom stereocenters. The van der Waals surface area contributed by atoms with Crippen LogP contribution < -0.4 is 4.74 Å². The Labute approximate surface area is 117 Å². The van der Waals surface area contributed by atoms with Crippen molar-refractivity contribution < 1.29 is 14.6 Å². The Hall–Kier alpha value is -0.580. The summed E-state index contributed by atoms with van der Waals surface area (Å²) in [6.07, 6.45) is 2.05. The number of rotatable bonds is 7. The highest BCUT2D eigenvalue weighted by atomic mass is 79.9. The zero-order chi connectivity index (χ0) is 13.5. The normalized spacial score (nSPS) is 14.3. The van der Waals surface area contributed by atoms with Gasteiger partial charge in [-0.2, -0.15) is 0 Å². The first kappa shape index (κ1) is 15.5. The average Bonchev–Trinajstić information content (AvgIpc) is 2.38. The van der Waals surface area contributed by atoms with Gasteiger partial charge < -0.3 is 14.6 Å². The first-order valence-electron chi connectivity index (χ1n) is 6.10. The lowest BCUT2D eigenvalue weighted by atomic mass is 10.0. The van der Waals surface area contributed by atoms with E-state index in [0.717, 1.165) is 28.6 Å². The third kappa shape index (κ3) is 4.96. The maximum Gasteiger partial charge on any atom is 0.119 e. The van der Waals surface area contributed by atoms with Crippen LogP contribution in [0.3, 0.4) is 0 Å². The standard InChI is InChI=1S/C14H21BrO3/c1-10(17-2)4-5-12(16)8-11-9-13(18-3)6-7-14(11)15/h6-7,9-10,12,16H,4-5,8H2,1-3H3. The molecule has 18 heavy (non-hydrogen) atoms. The van der Waals surface area contributed by atoms with E-state index in [1.165, 1.54) is 0 Å². The number of methoxy groups -OCH3 is 2. The van der Waals surface area contributed by atoms with E-state index in [-0.39, 0.29) is 12.2 Å². The van der Waals surface area contributed by atoms with Crippen LogP contribution in [0.2, 0.25) is 0 Å². The molecule has 4 heteroatoms. The van der Waals surface area contributed by atoms with Gasteiger partial charge in [0.15, 0.2) is 0 Å². The summed E-state index contributed by atoms with van der Waals surface area (Å²) in [7, 11) is 3.33. The molecule has 2 unspecified atom stereocenters. The van der Waals surface area contributed by atoms with Crippen LogP contribution in [0, 0.1) is 0 Å². The largest absolute Gasteiger partial charge is 0.497 e. The van der Waals surface area contributed by atoms with E-state index in [1.807, 2.05) is 25.1 Å². The molecule has 1 aromatic carbocycles. The van der Waals surface area contributed by atoms with Crippen LogP contribution in [0.25, 0.3) is 0 Å². The van der Waals surface area contributed by atoms with Crippen molar-refractivity contribution in [3.05, 3.63) is 28.2 Å². The summed E-state index contributed by atoms with van der Waals surface area (Å²) in [4.78, 5) is 0. The van der Waals surface area contributed by atoms with Crippen molar-refractivity contribution in [2.45, 2.75) is 38.4 Å². The number of halogens is 1. The van der Waals surface area contributed by atoms with Gasteiger partial charge in [-0.15, -0.1) is 0 Å². The molecule has 0 amide bonds. The topological polar surface area (TPSA) is 38.7 Å². The molecule has 0 aromatic heterocycles. The smallest absolute Gasteiger partial charge is 0.119 e.